The quantitative estimate of drug-likeness (QED) is 0.599. The normalized spacial score (nSPS) is 13.5. The molecule has 0 saturated carbocycles. The van der Waals surface area contributed by atoms with Crippen LogP contribution in [0.3, 0.4) is 0 Å². The molecule has 0 aliphatic heterocycles. The third-order valence-corrected chi connectivity index (χ3v) is 2.76. The second kappa shape index (κ2) is 6.25. The van der Waals surface area contributed by atoms with Gasteiger partial charge < -0.3 is 19.5 Å². The molecule has 0 aliphatic carbocycles. The molecule has 1 aromatic heterocycles. The second-order valence-electron chi connectivity index (χ2n) is 3.93. The highest BCUT2D eigenvalue weighted by atomic mass is 31.2. The lowest BCUT2D eigenvalue weighted by Crippen LogP contribution is -2.40. The summed E-state index contributed by atoms with van der Waals surface area (Å²) in [6, 6.07) is 0. The zero-order chi connectivity index (χ0) is 14.6. The van der Waals surface area contributed by atoms with Gasteiger partial charge >= 0.3 is 13.3 Å². The number of nitrogens with zero attached hydrogens (tertiary/aromatic N) is 1. The molecule has 0 fully saturated rings. The third-order valence-electron chi connectivity index (χ3n) is 2.28. The summed E-state index contributed by atoms with van der Waals surface area (Å²) in [6.45, 7) is -0.0398. The maximum atomic E-state index is 12.7. The van der Waals surface area contributed by atoms with Gasteiger partial charge in [0.05, 0.1) is 6.54 Å². The van der Waals surface area contributed by atoms with Crippen LogP contribution >= 0.6 is 7.60 Å². The van der Waals surface area contributed by atoms with E-state index < -0.39 is 44.5 Å². The number of rotatable bonds is 6. The van der Waals surface area contributed by atoms with Gasteiger partial charge in [-0.3, -0.25) is 13.9 Å². The van der Waals surface area contributed by atoms with Crippen LogP contribution in [-0.2, 0) is 15.8 Å². The predicted octanol–water partition coefficient (Wildman–Crippen LogP) is -0.665. The summed E-state index contributed by atoms with van der Waals surface area (Å²) in [7, 11) is -4.43. The van der Waals surface area contributed by atoms with Gasteiger partial charge in [0.15, 0.2) is 0 Å². The van der Waals surface area contributed by atoms with E-state index in [9.17, 15) is 18.5 Å². The SMILES string of the molecule is Cc1c[nH]c(=O)n(C[C@@H](CF)OCP(=O)(O)O)c1=O. The maximum absolute atomic E-state index is 12.7. The van der Waals surface area contributed by atoms with Gasteiger partial charge in [0.1, 0.15) is 19.1 Å². The fourth-order valence-electron chi connectivity index (χ4n) is 1.33. The topological polar surface area (TPSA) is 122 Å². The van der Waals surface area contributed by atoms with E-state index in [1.165, 1.54) is 13.1 Å². The Morgan fingerprint density at radius 1 is 1.53 bits per heavy atom. The highest BCUT2D eigenvalue weighted by Crippen LogP contribution is 2.34. The molecule has 8 nitrogen and oxygen atoms in total. The van der Waals surface area contributed by atoms with Crippen molar-refractivity contribution in [3.8, 4) is 0 Å². The van der Waals surface area contributed by atoms with E-state index in [1.54, 1.807) is 0 Å². The summed E-state index contributed by atoms with van der Waals surface area (Å²) in [5.41, 5.74) is -1.09. The molecule has 0 aromatic carbocycles. The number of H-pyrrole nitrogens is 1. The fraction of sp³-hybridized carbons (Fsp3) is 0.556. The van der Waals surface area contributed by atoms with Crippen molar-refractivity contribution in [1.82, 2.24) is 9.55 Å². The minimum absolute atomic E-state index is 0.257. The van der Waals surface area contributed by atoms with Gasteiger partial charge in [-0.05, 0) is 6.92 Å². The molecule has 1 heterocycles. The molecule has 0 saturated heterocycles. The Labute approximate surface area is 107 Å². The fourth-order valence-corrected chi connectivity index (χ4v) is 1.74. The van der Waals surface area contributed by atoms with Crippen molar-refractivity contribution in [3.05, 3.63) is 32.6 Å². The largest absolute Gasteiger partial charge is 0.361 e. The van der Waals surface area contributed by atoms with E-state index >= 15 is 0 Å². The van der Waals surface area contributed by atoms with E-state index in [1.807, 2.05) is 0 Å². The van der Waals surface area contributed by atoms with Crippen LogP contribution in [0.5, 0.6) is 0 Å². The molecule has 0 bridgehead atoms. The van der Waals surface area contributed by atoms with Crippen LogP contribution in [0, 0.1) is 6.92 Å². The summed E-state index contributed by atoms with van der Waals surface area (Å²) < 4.78 is 28.7. The molecule has 0 spiro atoms. The first-order chi connectivity index (χ1) is 8.74. The number of hydrogen-bond donors (Lipinski definition) is 3. The molecule has 19 heavy (non-hydrogen) atoms. The molecular weight excluding hydrogens is 282 g/mol. The van der Waals surface area contributed by atoms with Crippen molar-refractivity contribution in [2.45, 2.75) is 19.6 Å². The lowest BCUT2D eigenvalue weighted by molar-refractivity contribution is 0.0423. The molecule has 108 valence electrons. The van der Waals surface area contributed by atoms with Crippen LogP contribution in [0.4, 0.5) is 4.39 Å². The average Bonchev–Trinajstić information content (AvgIpc) is 2.32. The number of aryl methyl sites for hydroxylation is 1. The Balaban J connectivity index is 2.88. The molecule has 0 radical (unpaired) electrons. The molecule has 3 N–H and O–H groups in total. The highest BCUT2D eigenvalue weighted by molar-refractivity contribution is 7.51. The third kappa shape index (κ3) is 4.71. The Morgan fingerprint density at radius 2 is 2.16 bits per heavy atom. The Bertz CT molecular complexity index is 591. The molecule has 0 aliphatic rings. The molecular formula is C9H14FN2O6P. The minimum atomic E-state index is -4.43. The van der Waals surface area contributed by atoms with Crippen molar-refractivity contribution in [2.24, 2.45) is 0 Å². The number of alkyl halides is 1. The van der Waals surface area contributed by atoms with Crippen molar-refractivity contribution in [1.29, 1.82) is 0 Å². The van der Waals surface area contributed by atoms with Crippen LogP contribution in [0.1, 0.15) is 5.56 Å². The van der Waals surface area contributed by atoms with Gasteiger partial charge in [-0.1, -0.05) is 0 Å². The van der Waals surface area contributed by atoms with E-state index in [0.29, 0.717) is 0 Å². The summed E-state index contributed by atoms with van der Waals surface area (Å²) in [6.07, 6.45) is -1.03. The van der Waals surface area contributed by atoms with Gasteiger partial charge in [-0.15, -0.1) is 0 Å². The summed E-state index contributed by atoms with van der Waals surface area (Å²) in [4.78, 5) is 42.6. The first kappa shape index (κ1) is 15.8. The van der Waals surface area contributed by atoms with Crippen molar-refractivity contribution >= 4 is 7.60 Å². The first-order valence-corrected chi connectivity index (χ1v) is 7.05. The van der Waals surface area contributed by atoms with E-state index in [2.05, 4.69) is 9.72 Å². The van der Waals surface area contributed by atoms with Gasteiger partial charge in [-0.2, -0.15) is 0 Å². The Morgan fingerprint density at radius 3 is 2.68 bits per heavy atom. The van der Waals surface area contributed by atoms with Crippen LogP contribution in [0.2, 0.25) is 0 Å². The molecule has 0 unspecified atom stereocenters. The van der Waals surface area contributed by atoms with E-state index in [0.717, 1.165) is 4.57 Å². The van der Waals surface area contributed by atoms with Crippen LogP contribution in [0.25, 0.3) is 0 Å². The van der Waals surface area contributed by atoms with Crippen molar-refractivity contribution in [2.75, 3.05) is 13.0 Å². The minimum Gasteiger partial charge on any atom is -0.361 e. The lowest BCUT2D eigenvalue weighted by atomic mass is 10.3. The Hall–Kier alpha value is -1.28. The molecule has 1 rings (SSSR count). The van der Waals surface area contributed by atoms with Gasteiger partial charge in [-0.25, -0.2) is 9.18 Å². The Kier molecular flexibility index (Phi) is 5.19. The van der Waals surface area contributed by atoms with Crippen molar-refractivity contribution < 1.29 is 23.5 Å². The number of nitrogens with one attached hydrogen (secondary N) is 1. The summed E-state index contributed by atoms with van der Waals surface area (Å²) >= 11 is 0. The number of aromatic amines is 1. The molecule has 1 aromatic rings. The van der Waals surface area contributed by atoms with Crippen LogP contribution < -0.4 is 11.2 Å². The van der Waals surface area contributed by atoms with Gasteiger partial charge in [0.2, 0.25) is 0 Å². The predicted molar refractivity (Wildman–Crippen MR) is 63.8 cm³/mol. The zero-order valence-corrected chi connectivity index (χ0v) is 11.0. The summed E-state index contributed by atoms with van der Waals surface area (Å²) in [5.74, 6) is 0. The molecule has 10 heteroatoms. The van der Waals surface area contributed by atoms with Crippen LogP contribution in [0.15, 0.2) is 15.8 Å². The average molecular weight is 296 g/mol. The number of hydrogen-bond acceptors (Lipinski definition) is 4. The smallest absolute Gasteiger partial charge is 0.350 e. The molecule has 0 amide bonds. The standard InChI is InChI=1S/C9H14FN2O6P/c1-6-3-11-9(14)12(8(6)13)4-7(2-10)18-5-19(15,16)17/h3,7H,2,4-5H2,1H3,(H,11,14)(H2,15,16,17)/t7-/m1/s1. The second-order valence-corrected chi connectivity index (χ2v) is 5.52. The monoisotopic (exact) mass is 296 g/mol. The van der Waals surface area contributed by atoms with Gasteiger partial charge in [0.25, 0.3) is 5.56 Å². The summed E-state index contributed by atoms with van der Waals surface area (Å²) in [5, 5.41) is 0. The maximum Gasteiger partial charge on any atom is 0.350 e. The van der Waals surface area contributed by atoms with E-state index in [4.69, 9.17) is 9.79 Å². The number of ether oxygens (including phenoxy) is 1. The molecule has 1 atom stereocenters. The first-order valence-electron chi connectivity index (χ1n) is 5.26. The lowest BCUT2D eigenvalue weighted by Gasteiger charge is -2.15. The van der Waals surface area contributed by atoms with E-state index in [-0.39, 0.29) is 5.56 Å². The van der Waals surface area contributed by atoms with Crippen LogP contribution in [-0.4, -0.2) is 38.5 Å². The number of halogens is 1. The number of aromatic nitrogens is 2. The van der Waals surface area contributed by atoms with Gasteiger partial charge in [0, 0.05) is 11.8 Å². The van der Waals surface area contributed by atoms with Crippen molar-refractivity contribution in [3.63, 3.8) is 0 Å². The zero-order valence-electron chi connectivity index (χ0n) is 10.1. The highest BCUT2D eigenvalue weighted by Gasteiger charge is 2.19.